The molecule has 1 aliphatic rings. The summed E-state index contributed by atoms with van der Waals surface area (Å²) in [5.41, 5.74) is 0.553. The Morgan fingerprint density at radius 3 is 2.57 bits per heavy atom. The summed E-state index contributed by atoms with van der Waals surface area (Å²) in [6.45, 7) is 3.44. The van der Waals surface area contributed by atoms with E-state index in [1.54, 1.807) is 45.2 Å². The van der Waals surface area contributed by atoms with Gasteiger partial charge < -0.3 is 15.1 Å². The molecule has 0 saturated carbocycles. The average molecular weight is 292 g/mol. The van der Waals surface area contributed by atoms with E-state index >= 15 is 0 Å². The molecule has 1 atom stereocenters. The number of likely N-dealkylation sites (N-methyl/N-ethyl adjacent to an activating group) is 1. The first-order valence-corrected chi connectivity index (χ1v) is 6.77. The molecule has 1 aromatic carbocycles. The second-order valence-electron chi connectivity index (χ2n) is 5.87. The summed E-state index contributed by atoms with van der Waals surface area (Å²) in [7, 11) is 1.61. The highest BCUT2D eigenvalue weighted by molar-refractivity contribution is 5.98. The fourth-order valence-electron chi connectivity index (χ4n) is 2.35. The summed E-state index contributed by atoms with van der Waals surface area (Å²) in [6, 6.07) is 6.71. The van der Waals surface area contributed by atoms with Gasteiger partial charge in [-0.25, -0.2) is 4.79 Å². The quantitative estimate of drug-likeness (QED) is 0.884. The molecule has 1 aromatic rings. The molecule has 0 aromatic heterocycles. The molecule has 0 fully saturated rings. The maximum atomic E-state index is 12.6. The molecular formula is C15H20N2O4. The summed E-state index contributed by atoms with van der Waals surface area (Å²) >= 11 is 0. The van der Waals surface area contributed by atoms with Gasteiger partial charge in [-0.15, -0.1) is 0 Å². The second-order valence-corrected chi connectivity index (χ2v) is 5.87. The van der Waals surface area contributed by atoms with Gasteiger partial charge in [-0.05, 0) is 25.5 Å². The minimum Gasteiger partial charge on any atom is -0.481 e. The predicted octanol–water partition coefficient (Wildman–Crippen LogP) is 1.50. The van der Waals surface area contributed by atoms with Crippen LogP contribution in [0.15, 0.2) is 24.3 Å². The molecule has 1 aliphatic heterocycles. The van der Waals surface area contributed by atoms with Gasteiger partial charge in [0.15, 0.2) is 0 Å². The van der Waals surface area contributed by atoms with Crippen molar-refractivity contribution in [3.05, 3.63) is 29.8 Å². The third-order valence-electron chi connectivity index (χ3n) is 4.08. The monoisotopic (exact) mass is 292 g/mol. The van der Waals surface area contributed by atoms with Gasteiger partial charge in [0.25, 0.3) is 0 Å². The zero-order valence-corrected chi connectivity index (χ0v) is 12.4. The van der Waals surface area contributed by atoms with Crippen molar-refractivity contribution in [1.29, 1.82) is 0 Å². The standard InChI is InChI=1S/C15H20N2O4/c1-15(2,9-18)16(3)14(21)17-8-11(13(19)20)10-6-4-5-7-12(10)17/h4-7,11,18H,8-9H2,1-3H3,(H,19,20). The van der Waals surface area contributed by atoms with E-state index in [1.165, 1.54) is 9.80 Å². The van der Waals surface area contributed by atoms with Crippen LogP contribution in [-0.4, -0.2) is 52.9 Å². The molecule has 0 aliphatic carbocycles. The minimum absolute atomic E-state index is 0.110. The number of hydrogen-bond acceptors (Lipinski definition) is 3. The van der Waals surface area contributed by atoms with Crippen LogP contribution in [0.3, 0.4) is 0 Å². The van der Waals surface area contributed by atoms with E-state index in [-0.39, 0.29) is 19.2 Å². The number of benzene rings is 1. The topological polar surface area (TPSA) is 81.1 Å². The largest absolute Gasteiger partial charge is 0.481 e. The Morgan fingerprint density at radius 1 is 1.38 bits per heavy atom. The molecular weight excluding hydrogens is 272 g/mol. The van der Waals surface area contributed by atoms with Crippen molar-refractivity contribution in [3.8, 4) is 0 Å². The average Bonchev–Trinajstić information content (AvgIpc) is 2.85. The van der Waals surface area contributed by atoms with E-state index in [0.29, 0.717) is 11.3 Å². The van der Waals surface area contributed by atoms with Crippen molar-refractivity contribution in [2.45, 2.75) is 25.3 Å². The lowest BCUT2D eigenvalue weighted by Crippen LogP contribution is -2.53. The molecule has 1 heterocycles. The summed E-state index contributed by atoms with van der Waals surface area (Å²) in [5, 5.41) is 18.7. The Labute approximate surface area is 123 Å². The minimum atomic E-state index is -0.943. The first kappa shape index (κ1) is 15.3. The smallest absolute Gasteiger partial charge is 0.324 e. The van der Waals surface area contributed by atoms with Crippen LogP contribution >= 0.6 is 0 Å². The first-order valence-electron chi connectivity index (χ1n) is 6.77. The Kier molecular flexibility index (Phi) is 3.91. The van der Waals surface area contributed by atoms with E-state index < -0.39 is 17.4 Å². The van der Waals surface area contributed by atoms with Gasteiger partial charge in [0.1, 0.15) is 5.92 Å². The Hall–Kier alpha value is -2.08. The highest BCUT2D eigenvalue weighted by Gasteiger charge is 2.39. The fraction of sp³-hybridized carbons (Fsp3) is 0.467. The number of para-hydroxylation sites is 1. The van der Waals surface area contributed by atoms with E-state index in [2.05, 4.69) is 0 Å². The van der Waals surface area contributed by atoms with Crippen LogP contribution in [0.5, 0.6) is 0 Å². The summed E-state index contributed by atoms with van der Waals surface area (Å²) in [5.74, 6) is -1.65. The highest BCUT2D eigenvalue weighted by Crippen LogP contribution is 2.37. The number of aliphatic hydroxyl groups is 1. The summed E-state index contributed by atoms with van der Waals surface area (Å²) in [4.78, 5) is 26.9. The molecule has 0 bridgehead atoms. The van der Waals surface area contributed by atoms with E-state index in [0.717, 1.165) is 0 Å². The number of carbonyl (C=O) groups is 2. The molecule has 0 spiro atoms. The summed E-state index contributed by atoms with van der Waals surface area (Å²) in [6.07, 6.45) is 0. The zero-order chi connectivity index (χ0) is 15.8. The zero-order valence-electron chi connectivity index (χ0n) is 12.4. The van der Waals surface area contributed by atoms with Gasteiger partial charge in [0.2, 0.25) is 0 Å². The van der Waals surface area contributed by atoms with Crippen LogP contribution in [-0.2, 0) is 4.79 Å². The van der Waals surface area contributed by atoms with E-state index in [4.69, 9.17) is 0 Å². The molecule has 6 heteroatoms. The Balaban J connectivity index is 2.34. The number of urea groups is 1. The molecule has 2 amide bonds. The highest BCUT2D eigenvalue weighted by atomic mass is 16.4. The van der Waals surface area contributed by atoms with E-state index in [1.807, 2.05) is 0 Å². The van der Waals surface area contributed by atoms with Crippen LogP contribution in [0, 0.1) is 0 Å². The van der Waals surface area contributed by atoms with Crippen molar-refractivity contribution < 1.29 is 19.8 Å². The number of nitrogens with zero attached hydrogens (tertiary/aromatic N) is 2. The lowest BCUT2D eigenvalue weighted by molar-refractivity contribution is -0.138. The number of fused-ring (bicyclic) bond motifs is 1. The van der Waals surface area contributed by atoms with Crippen LogP contribution in [0.1, 0.15) is 25.3 Å². The molecule has 6 nitrogen and oxygen atoms in total. The van der Waals surface area contributed by atoms with Crippen LogP contribution in [0.25, 0.3) is 0 Å². The van der Waals surface area contributed by atoms with E-state index in [9.17, 15) is 19.8 Å². The normalized spacial score (nSPS) is 17.5. The van der Waals surface area contributed by atoms with Gasteiger partial charge in [0, 0.05) is 19.3 Å². The number of aliphatic hydroxyl groups excluding tert-OH is 1. The number of anilines is 1. The van der Waals surface area contributed by atoms with Gasteiger partial charge in [-0.3, -0.25) is 9.69 Å². The molecule has 114 valence electrons. The van der Waals surface area contributed by atoms with Crippen molar-refractivity contribution in [2.24, 2.45) is 0 Å². The number of carbonyl (C=O) groups excluding carboxylic acids is 1. The maximum absolute atomic E-state index is 12.6. The van der Waals surface area contributed by atoms with Crippen molar-refractivity contribution in [1.82, 2.24) is 4.90 Å². The van der Waals surface area contributed by atoms with Gasteiger partial charge in [-0.2, -0.15) is 0 Å². The Bertz CT molecular complexity index is 571. The molecule has 2 rings (SSSR count). The third kappa shape index (κ3) is 2.58. The van der Waals surface area contributed by atoms with Gasteiger partial charge in [0.05, 0.1) is 12.1 Å². The number of rotatable bonds is 3. The van der Waals surface area contributed by atoms with Crippen LogP contribution in [0.2, 0.25) is 0 Å². The van der Waals surface area contributed by atoms with Gasteiger partial charge in [-0.1, -0.05) is 18.2 Å². The Morgan fingerprint density at radius 2 is 2.00 bits per heavy atom. The van der Waals surface area contributed by atoms with Crippen molar-refractivity contribution in [3.63, 3.8) is 0 Å². The van der Waals surface area contributed by atoms with Crippen molar-refractivity contribution in [2.75, 3.05) is 25.1 Å². The SMILES string of the molecule is CN(C(=O)N1CC(C(=O)O)c2ccccc21)C(C)(C)CO. The lowest BCUT2D eigenvalue weighted by atomic mass is 10.0. The molecule has 0 saturated heterocycles. The van der Waals surface area contributed by atoms with Gasteiger partial charge >= 0.3 is 12.0 Å². The molecule has 2 N–H and O–H groups in total. The number of aliphatic carboxylic acids is 1. The number of carboxylic acid groups (broad SMARTS) is 1. The predicted molar refractivity (Wildman–Crippen MR) is 78.5 cm³/mol. The van der Waals surface area contributed by atoms with Crippen molar-refractivity contribution >= 4 is 17.7 Å². The maximum Gasteiger partial charge on any atom is 0.324 e. The summed E-state index contributed by atoms with van der Waals surface area (Å²) < 4.78 is 0. The molecule has 0 radical (unpaired) electrons. The number of carboxylic acids is 1. The molecule has 1 unspecified atom stereocenters. The molecule has 21 heavy (non-hydrogen) atoms. The fourth-order valence-corrected chi connectivity index (χ4v) is 2.35. The van der Waals surface area contributed by atoms with Crippen LogP contribution < -0.4 is 4.90 Å². The number of hydrogen-bond donors (Lipinski definition) is 2. The van der Waals surface area contributed by atoms with Crippen LogP contribution in [0.4, 0.5) is 10.5 Å². The first-order chi connectivity index (χ1) is 9.79. The third-order valence-corrected chi connectivity index (χ3v) is 4.08. The second kappa shape index (κ2) is 5.37. The lowest BCUT2D eigenvalue weighted by Gasteiger charge is -2.36. The number of amides is 2.